The molecule has 0 spiro atoms. The van der Waals surface area contributed by atoms with Crippen LogP contribution < -0.4 is 10.0 Å². The second-order valence-corrected chi connectivity index (χ2v) is 3.64. The lowest BCUT2D eigenvalue weighted by Gasteiger charge is -2.01. The largest absolute Gasteiger partial charge is 0.900 e. The molecule has 3 aromatic rings. The van der Waals surface area contributed by atoms with Crippen molar-refractivity contribution in [1.29, 1.82) is 0 Å². The van der Waals surface area contributed by atoms with Crippen LogP contribution in [0.15, 0.2) is 60.7 Å². The van der Waals surface area contributed by atoms with Crippen molar-refractivity contribution in [3.63, 3.8) is 0 Å². The summed E-state index contributed by atoms with van der Waals surface area (Å²) in [6, 6.07) is 21.4. The van der Waals surface area contributed by atoms with Gasteiger partial charge in [-0.3, -0.25) is 0 Å². The number of fused-ring (bicyclic) bond motifs is 2. The predicted molar refractivity (Wildman–Crippen MR) is 67.2 cm³/mol. The van der Waals surface area contributed by atoms with Gasteiger partial charge in [0.1, 0.15) is 0 Å². The van der Waals surface area contributed by atoms with E-state index in [4.69, 9.17) is 10.0 Å². The highest BCUT2D eigenvalue weighted by Crippen LogP contribution is 2.21. The van der Waals surface area contributed by atoms with Crippen LogP contribution in [-0.2, 0) is 0 Å². The first-order valence-electron chi connectivity index (χ1n) is 5.28. The second-order valence-electron chi connectivity index (χ2n) is 3.64. The minimum Gasteiger partial charge on any atom is -0.900 e. The van der Waals surface area contributed by atoms with Crippen molar-refractivity contribution >= 4 is 29.2 Å². The molecule has 0 bridgehead atoms. The van der Waals surface area contributed by atoms with Gasteiger partial charge in [-0.25, -0.2) is 7.69 Å². The van der Waals surface area contributed by atoms with Crippen molar-refractivity contribution in [3.05, 3.63) is 60.7 Å². The Kier molecular flexibility index (Phi) is 3.75. The third-order valence-electron chi connectivity index (χ3n) is 2.61. The molecule has 0 atom stereocenters. The number of hydrogen-bond donors (Lipinski definition) is 0. The summed E-state index contributed by atoms with van der Waals surface area (Å²) < 4.78 is 0. The van der Waals surface area contributed by atoms with Crippen LogP contribution in [0.25, 0.3) is 21.5 Å². The lowest BCUT2D eigenvalue weighted by Crippen LogP contribution is -2.26. The second kappa shape index (κ2) is 5.48. The van der Waals surface area contributed by atoms with E-state index in [1.54, 1.807) is 0 Å². The summed E-state index contributed by atoms with van der Waals surface area (Å²) in [5.74, 6) is 0. The molecule has 0 saturated heterocycles. The SMILES string of the molecule is [O-][B][O-].c1ccc2cc3ccccc3cc2c1. The van der Waals surface area contributed by atoms with Crippen LogP contribution in [0.4, 0.5) is 0 Å². The Hall–Kier alpha value is -1.84. The molecule has 0 aliphatic carbocycles. The van der Waals surface area contributed by atoms with E-state index in [0.29, 0.717) is 0 Å². The zero-order chi connectivity index (χ0) is 12.1. The van der Waals surface area contributed by atoms with Gasteiger partial charge in [0, 0.05) is 0 Å². The summed E-state index contributed by atoms with van der Waals surface area (Å²) in [5.41, 5.74) is 0. The Bertz CT molecular complexity index is 517. The lowest BCUT2D eigenvalue weighted by atomic mass is 10.0. The fourth-order valence-electron chi connectivity index (χ4n) is 1.88. The molecule has 3 aromatic carbocycles. The van der Waals surface area contributed by atoms with Gasteiger partial charge >= 0.3 is 0 Å². The van der Waals surface area contributed by atoms with Gasteiger partial charge in [0.15, 0.2) is 0 Å². The quantitative estimate of drug-likeness (QED) is 0.423. The third kappa shape index (κ3) is 2.64. The number of hydrogen-bond acceptors (Lipinski definition) is 2. The average molecular weight is 221 g/mol. The molecule has 17 heavy (non-hydrogen) atoms. The highest BCUT2D eigenvalue weighted by molar-refractivity contribution is 6.08. The van der Waals surface area contributed by atoms with Crippen LogP contribution in [0.5, 0.6) is 0 Å². The summed E-state index contributed by atoms with van der Waals surface area (Å²) in [6.45, 7) is 0. The normalized spacial score (nSPS) is 9.76. The molecular formula is C14H10BO2-2. The van der Waals surface area contributed by atoms with Gasteiger partial charge in [0.25, 0.3) is 0 Å². The molecule has 0 fully saturated rings. The van der Waals surface area contributed by atoms with E-state index >= 15 is 0 Å². The molecule has 0 amide bonds. The predicted octanol–water partition coefficient (Wildman–Crippen LogP) is 1.23. The minimum absolute atomic E-state index is 0.500. The highest BCUT2D eigenvalue weighted by atomic mass is 16.4. The molecule has 0 N–H and O–H groups in total. The van der Waals surface area contributed by atoms with E-state index in [9.17, 15) is 0 Å². The van der Waals surface area contributed by atoms with E-state index < -0.39 is 7.69 Å². The zero-order valence-electron chi connectivity index (χ0n) is 9.17. The molecule has 83 valence electrons. The maximum absolute atomic E-state index is 8.25. The van der Waals surface area contributed by atoms with Gasteiger partial charge < -0.3 is 10.0 Å². The van der Waals surface area contributed by atoms with Crippen LogP contribution in [0, 0.1) is 0 Å². The maximum atomic E-state index is 8.25. The summed E-state index contributed by atoms with van der Waals surface area (Å²) in [5, 5.41) is 21.7. The van der Waals surface area contributed by atoms with Crippen molar-refractivity contribution < 1.29 is 10.0 Å². The fraction of sp³-hybridized carbons (Fsp3) is 0. The van der Waals surface area contributed by atoms with E-state index in [1.165, 1.54) is 21.5 Å². The molecule has 1 radical (unpaired) electrons. The molecule has 0 aromatic heterocycles. The summed E-state index contributed by atoms with van der Waals surface area (Å²) in [6.07, 6.45) is 0. The third-order valence-corrected chi connectivity index (χ3v) is 2.61. The van der Waals surface area contributed by atoms with E-state index in [0.717, 1.165) is 0 Å². The van der Waals surface area contributed by atoms with Gasteiger partial charge in [-0.2, -0.15) is 0 Å². The Labute approximate surface area is 100 Å². The maximum Gasteiger partial charge on any atom is -0.0178 e. The van der Waals surface area contributed by atoms with Crippen LogP contribution in [0.2, 0.25) is 0 Å². The molecule has 0 heterocycles. The van der Waals surface area contributed by atoms with Crippen LogP contribution >= 0.6 is 0 Å². The van der Waals surface area contributed by atoms with Crippen LogP contribution in [0.1, 0.15) is 0 Å². The Morgan fingerprint density at radius 3 is 1.06 bits per heavy atom. The van der Waals surface area contributed by atoms with Gasteiger partial charge in [0.2, 0.25) is 0 Å². The van der Waals surface area contributed by atoms with Crippen molar-refractivity contribution in [2.75, 3.05) is 0 Å². The first-order valence-corrected chi connectivity index (χ1v) is 5.28. The Balaban J connectivity index is 0.000000329. The lowest BCUT2D eigenvalue weighted by molar-refractivity contribution is -0.328. The monoisotopic (exact) mass is 221 g/mol. The molecule has 3 rings (SSSR count). The summed E-state index contributed by atoms with van der Waals surface area (Å²) in [7, 11) is -0.500. The van der Waals surface area contributed by atoms with Crippen LogP contribution in [-0.4, -0.2) is 7.69 Å². The van der Waals surface area contributed by atoms with E-state index in [2.05, 4.69) is 60.7 Å². The highest BCUT2D eigenvalue weighted by Gasteiger charge is 1.95. The minimum atomic E-state index is -0.500. The summed E-state index contributed by atoms with van der Waals surface area (Å²) >= 11 is 0. The topological polar surface area (TPSA) is 46.1 Å². The van der Waals surface area contributed by atoms with E-state index in [-0.39, 0.29) is 0 Å². The Morgan fingerprint density at radius 1 is 0.588 bits per heavy atom. The van der Waals surface area contributed by atoms with Gasteiger partial charge in [-0.15, -0.1) is 0 Å². The fourth-order valence-corrected chi connectivity index (χ4v) is 1.88. The van der Waals surface area contributed by atoms with E-state index in [1.807, 2.05) is 0 Å². The molecule has 0 saturated carbocycles. The first-order chi connectivity index (χ1) is 8.35. The van der Waals surface area contributed by atoms with Crippen molar-refractivity contribution in [3.8, 4) is 0 Å². The molecule has 0 unspecified atom stereocenters. The van der Waals surface area contributed by atoms with Gasteiger partial charge in [-0.05, 0) is 33.7 Å². The molecule has 0 aliphatic rings. The van der Waals surface area contributed by atoms with Crippen molar-refractivity contribution in [2.24, 2.45) is 0 Å². The van der Waals surface area contributed by atoms with Crippen LogP contribution in [0.3, 0.4) is 0 Å². The van der Waals surface area contributed by atoms with Crippen molar-refractivity contribution in [1.82, 2.24) is 0 Å². The summed E-state index contributed by atoms with van der Waals surface area (Å²) in [4.78, 5) is 0. The molecular weight excluding hydrogens is 211 g/mol. The van der Waals surface area contributed by atoms with Gasteiger partial charge in [-0.1, -0.05) is 48.5 Å². The number of benzene rings is 3. The molecule has 2 nitrogen and oxygen atoms in total. The van der Waals surface area contributed by atoms with Crippen molar-refractivity contribution in [2.45, 2.75) is 0 Å². The average Bonchev–Trinajstić information content (AvgIpc) is 2.37. The first kappa shape index (κ1) is 11.6. The molecule has 3 heteroatoms. The smallest absolute Gasteiger partial charge is 0.0178 e. The number of rotatable bonds is 0. The van der Waals surface area contributed by atoms with Gasteiger partial charge in [0.05, 0.1) is 0 Å². The Morgan fingerprint density at radius 2 is 0.824 bits per heavy atom. The zero-order valence-corrected chi connectivity index (χ0v) is 9.17. The molecule has 0 aliphatic heterocycles. The standard InChI is InChI=1S/C14H10.BO2/c1-2-6-12-10-14-8-4-3-7-13(14)9-11(12)5-1;2-1-3/h1-10H;/q;-2.